The number of rotatable bonds is 3. The molecule has 1 spiro atoms. The zero-order chi connectivity index (χ0) is 20.6. The molecule has 148 valence electrons. The standard InChI is InChI=1S/C25H21N3O2/c26-17-28-13-12-25(24(28)29)15-20-14-19(8-11-23(20)27-16-25)18-6-9-22(10-7-18)30-21-4-2-1-3-5-21/h1-11,14,27H,12-13,15-16H2. The van der Waals surface area contributed by atoms with Crippen molar-refractivity contribution in [2.45, 2.75) is 12.8 Å². The molecule has 1 saturated heterocycles. The summed E-state index contributed by atoms with van der Waals surface area (Å²) in [6.45, 7) is 1.09. The van der Waals surface area contributed by atoms with Gasteiger partial charge in [-0.3, -0.25) is 4.79 Å². The van der Waals surface area contributed by atoms with Crippen molar-refractivity contribution in [3.63, 3.8) is 0 Å². The van der Waals surface area contributed by atoms with Gasteiger partial charge in [0.2, 0.25) is 5.91 Å². The summed E-state index contributed by atoms with van der Waals surface area (Å²) < 4.78 is 5.88. The summed E-state index contributed by atoms with van der Waals surface area (Å²) in [4.78, 5) is 14.0. The Morgan fingerprint density at radius 1 is 0.967 bits per heavy atom. The lowest BCUT2D eigenvalue weighted by Gasteiger charge is -2.33. The Hall–Kier alpha value is -3.78. The minimum atomic E-state index is -0.505. The molecule has 3 aromatic carbocycles. The van der Waals surface area contributed by atoms with Gasteiger partial charge in [0.05, 0.1) is 5.41 Å². The third kappa shape index (κ3) is 3.17. The number of ether oxygens (including phenoxy) is 1. The monoisotopic (exact) mass is 395 g/mol. The second-order valence-electron chi connectivity index (χ2n) is 7.93. The Morgan fingerprint density at radius 3 is 2.43 bits per heavy atom. The lowest BCUT2D eigenvalue weighted by atomic mass is 9.76. The average Bonchev–Trinajstić information content (AvgIpc) is 3.09. The van der Waals surface area contributed by atoms with E-state index in [-0.39, 0.29) is 5.91 Å². The smallest absolute Gasteiger partial charge is 0.243 e. The van der Waals surface area contributed by atoms with E-state index in [0.29, 0.717) is 25.9 Å². The molecule has 0 aromatic heterocycles. The topological polar surface area (TPSA) is 65.4 Å². The van der Waals surface area contributed by atoms with Crippen LogP contribution in [0.2, 0.25) is 0 Å². The summed E-state index contributed by atoms with van der Waals surface area (Å²) in [6, 6.07) is 24.1. The van der Waals surface area contributed by atoms with Gasteiger partial charge in [0, 0.05) is 18.8 Å². The minimum absolute atomic E-state index is 0.0593. The van der Waals surface area contributed by atoms with Crippen LogP contribution in [0.3, 0.4) is 0 Å². The largest absolute Gasteiger partial charge is 0.457 e. The molecule has 0 aliphatic carbocycles. The number of fused-ring (bicyclic) bond motifs is 1. The van der Waals surface area contributed by atoms with Crippen molar-refractivity contribution >= 4 is 11.6 Å². The first-order valence-corrected chi connectivity index (χ1v) is 10.1. The molecule has 1 N–H and O–H groups in total. The van der Waals surface area contributed by atoms with Crippen LogP contribution in [0.15, 0.2) is 72.8 Å². The van der Waals surface area contributed by atoms with Crippen molar-refractivity contribution in [3.05, 3.63) is 78.4 Å². The normalized spacial score (nSPS) is 19.8. The molecule has 30 heavy (non-hydrogen) atoms. The third-order valence-electron chi connectivity index (χ3n) is 6.05. The van der Waals surface area contributed by atoms with Crippen molar-refractivity contribution in [1.29, 1.82) is 5.26 Å². The van der Waals surface area contributed by atoms with Crippen LogP contribution < -0.4 is 10.1 Å². The van der Waals surface area contributed by atoms with Crippen LogP contribution in [0.25, 0.3) is 11.1 Å². The van der Waals surface area contributed by atoms with Crippen LogP contribution in [0.4, 0.5) is 5.69 Å². The highest BCUT2D eigenvalue weighted by Crippen LogP contribution is 2.41. The maximum Gasteiger partial charge on any atom is 0.243 e. The van der Waals surface area contributed by atoms with E-state index in [1.165, 1.54) is 4.90 Å². The van der Waals surface area contributed by atoms with Gasteiger partial charge in [-0.15, -0.1) is 0 Å². The summed E-state index contributed by atoms with van der Waals surface area (Å²) in [5.41, 5.74) is 3.87. The molecule has 5 heteroatoms. The molecule has 1 fully saturated rings. The van der Waals surface area contributed by atoms with Gasteiger partial charge in [-0.1, -0.05) is 36.4 Å². The maximum absolute atomic E-state index is 12.7. The molecule has 1 unspecified atom stereocenters. The zero-order valence-electron chi connectivity index (χ0n) is 16.5. The van der Waals surface area contributed by atoms with Crippen molar-refractivity contribution in [2.75, 3.05) is 18.4 Å². The number of nitrogens with one attached hydrogen (secondary N) is 1. The fourth-order valence-corrected chi connectivity index (χ4v) is 4.37. The molecular weight excluding hydrogens is 374 g/mol. The van der Waals surface area contributed by atoms with Gasteiger partial charge in [0.25, 0.3) is 0 Å². The number of nitriles is 1. The number of benzene rings is 3. The molecule has 5 nitrogen and oxygen atoms in total. The fraction of sp³-hybridized carbons (Fsp3) is 0.200. The Kier molecular flexibility index (Phi) is 4.40. The van der Waals surface area contributed by atoms with Crippen molar-refractivity contribution in [2.24, 2.45) is 5.41 Å². The number of likely N-dealkylation sites (tertiary alicyclic amines) is 1. The van der Waals surface area contributed by atoms with Crippen LogP contribution in [-0.2, 0) is 11.2 Å². The van der Waals surface area contributed by atoms with Crippen LogP contribution in [0, 0.1) is 16.9 Å². The fourth-order valence-electron chi connectivity index (χ4n) is 4.37. The molecule has 1 atom stereocenters. The number of para-hydroxylation sites is 1. The van der Waals surface area contributed by atoms with Gasteiger partial charge in [-0.25, -0.2) is 4.90 Å². The molecule has 1 amide bonds. The molecule has 5 rings (SSSR count). The van der Waals surface area contributed by atoms with Crippen molar-refractivity contribution in [3.8, 4) is 28.8 Å². The molecule has 2 aliphatic heterocycles. The molecule has 3 aromatic rings. The van der Waals surface area contributed by atoms with E-state index in [4.69, 9.17) is 4.74 Å². The Balaban J connectivity index is 1.38. The average molecular weight is 395 g/mol. The van der Waals surface area contributed by atoms with E-state index in [9.17, 15) is 10.1 Å². The second-order valence-corrected chi connectivity index (χ2v) is 7.93. The van der Waals surface area contributed by atoms with Gasteiger partial charge in [0.15, 0.2) is 6.19 Å². The first kappa shape index (κ1) is 18.3. The highest BCUT2D eigenvalue weighted by Gasteiger charge is 2.48. The van der Waals surface area contributed by atoms with E-state index >= 15 is 0 Å². The quantitative estimate of drug-likeness (QED) is 0.646. The summed E-state index contributed by atoms with van der Waals surface area (Å²) in [6.07, 6.45) is 3.39. The molecule has 0 radical (unpaired) electrons. The molecule has 0 bridgehead atoms. The van der Waals surface area contributed by atoms with Gasteiger partial charge in [-0.2, -0.15) is 5.26 Å². The number of carbonyl (C=O) groups excluding carboxylic acids is 1. The predicted octanol–water partition coefficient (Wildman–Crippen LogP) is 4.81. The van der Waals surface area contributed by atoms with E-state index < -0.39 is 5.41 Å². The van der Waals surface area contributed by atoms with Crippen molar-refractivity contribution < 1.29 is 9.53 Å². The number of amides is 1. The number of hydrogen-bond acceptors (Lipinski definition) is 4. The van der Waals surface area contributed by atoms with E-state index in [2.05, 4.69) is 23.5 Å². The SMILES string of the molecule is N#CN1CCC2(CNc3ccc(-c4ccc(Oc5ccccc5)cc4)cc3C2)C1=O. The van der Waals surface area contributed by atoms with Gasteiger partial charge in [0.1, 0.15) is 11.5 Å². The second kappa shape index (κ2) is 7.23. The van der Waals surface area contributed by atoms with Crippen LogP contribution in [-0.4, -0.2) is 23.9 Å². The number of anilines is 1. The summed E-state index contributed by atoms with van der Waals surface area (Å²) in [5.74, 6) is 1.54. The lowest BCUT2D eigenvalue weighted by Crippen LogP contribution is -2.42. The molecular formula is C25H21N3O2. The summed E-state index contributed by atoms with van der Waals surface area (Å²) >= 11 is 0. The lowest BCUT2D eigenvalue weighted by molar-refractivity contribution is -0.133. The van der Waals surface area contributed by atoms with E-state index in [1.807, 2.05) is 60.8 Å². The van der Waals surface area contributed by atoms with Crippen LogP contribution >= 0.6 is 0 Å². The molecule has 0 saturated carbocycles. The number of carbonyl (C=O) groups is 1. The van der Waals surface area contributed by atoms with Crippen LogP contribution in [0.5, 0.6) is 11.5 Å². The first-order chi connectivity index (χ1) is 14.7. The highest BCUT2D eigenvalue weighted by molar-refractivity contribution is 5.88. The number of hydrogen-bond donors (Lipinski definition) is 1. The van der Waals surface area contributed by atoms with Crippen molar-refractivity contribution in [1.82, 2.24) is 4.90 Å². The predicted molar refractivity (Wildman–Crippen MR) is 115 cm³/mol. The van der Waals surface area contributed by atoms with Gasteiger partial charge in [-0.05, 0) is 65.9 Å². The highest BCUT2D eigenvalue weighted by atomic mass is 16.5. The Bertz CT molecular complexity index is 1140. The Morgan fingerprint density at radius 2 is 1.70 bits per heavy atom. The minimum Gasteiger partial charge on any atom is -0.457 e. The summed E-state index contributed by atoms with van der Waals surface area (Å²) in [7, 11) is 0. The van der Waals surface area contributed by atoms with Crippen LogP contribution in [0.1, 0.15) is 12.0 Å². The van der Waals surface area contributed by atoms with Gasteiger partial charge < -0.3 is 10.1 Å². The Labute approximate surface area is 175 Å². The molecule has 2 aliphatic rings. The number of nitrogens with zero attached hydrogens (tertiary/aromatic N) is 2. The van der Waals surface area contributed by atoms with E-state index in [0.717, 1.165) is 33.9 Å². The maximum atomic E-state index is 12.7. The molecule has 2 heterocycles. The third-order valence-corrected chi connectivity index (χ3v) is 6.05. The van der Waals surface area contributed by atoms with E-state index in [1.54, 1.807) is 0 Å². The summed E-state index contributed by atoms with van der Waals surface area (Å²) in [5, 5.41) is 12.6. The first-order valence-electron chi connectivity index (χ1n) is 10.1. The zero-order valence-corrected chi connectivity index (χ0v) is 16.5. The van der Waals surface area contributed by atoms with Gasteiger partial charge >= 0.3 is 0 Å².